The highest BCUT2D eigenvalue weighted by atomic mass is 15.3. The maximum absolute atomic E-state index is 5.70. The lowest BCUT2D eigenvalue weighted by Gasteiger charge is -2.37. The second-order valence-electron chi connectivity index (χ2n) is 5.59. The first-order valence-electron chi connectivity index (χ1n) is 7.47. The number of nitrogens with zero attached hydrogens (tertiary/aromatic N) is 2. The van der Waals surface area contributed by atoms with Gasteiger partial charge in [-0.1, -0.05) is 31.2 Å². The quantitative estimate of drug-likeness (QED) is 0.880. The van der Waals surface area contributed by atoms with Crippen LogP contribution in [0.3, 0.4) is 0 Å². The van der Waals surface area contributed by atoms with E-state index in [4.69, 9.17) is 5.73 Å². The average Bonchev–Trinajstić information content (AvgIpc) is 2.47. The van der Waals surface area contributed by atoms with E-state index in [1.807, 2.05) is 0 Å². The fourth-order valence-corrected chi connectivity index (χ4v) is 2.73. The minimum Gasteiger partial charge on any atom is -0.326 e. The third kappa shape index (κ3) is 4.03. The van der Waals surface area contributed by atoms with Crippen molar-refractivity contribution >= 4 is 0 Å². The van der Waals surface area contributed by atoms with E-state index < -0.39 is 0 Å². The Labute approximate surface area is 117 Å². The molecular weight excluding hydrogens is 234 g/mol. The third-order valence-corrected chi connectivity index (χ3v) is 4.25. The van der Waals surface area contributed by atoms with Crippen LogP contribution in [0.15, 0.2) is 24.3 Å². The van der Waals surface area contributed by atoms with Gasteiger partial charge >= 0.3 is 0 Å². The molecule has 3 heteroatoms. The molecule has 0 amide bonds. The number of rotatable bonds is 5. The highest BCUT2D eigenvalue weighted by Gasteiger charge is 2.19. The summed E-state index contributed by atoms with van der Waals surface area (Å²) >= 11 is 0. The molecule has 0 aliphatic carbocycles. The van der Waals surface area contributed by atoms with Gasteiger partial charge < -0.3 is 5.73 Å². The van der Waals surface area contributed by atoms with E-state index in [9.17, 15) is 0 Å². The van der Waals surface area contributed by atoms with Crippen molar-refractivity contribution in [1.29, 1.82) is 0 Å². The van der Waals surface area contributed by atoms with Crippen LogP contribution in [0, 0.1) is 0 Å². The van der Waals surface area contributed by atoms with Gasteiger partial charge in [-0.3, -0.25) is 9.80 Å². The topological polar surface area (TPSA) is 32.5 Å². The second kappa shape index (κ2) is 7.04. The van der Waals surface area contributed by atoms with Crippen molar-refractivity contribution in [3.05, 3.63) is 35.4 Å². The summed E-state index contributed by atoms with van der Waals surface area (Å²) < 4.78 is 0. The van der Waals surface area contributed by atoms with Crippen molar-refractivity contribution in [2.24, 2.45) is 5.73 Å². The summed E-state index contributed by atoms with van der Waals surface area (Å²) in [6.07, 6.45) is 1.25. The molecule has 19 heavy (non-hydrogen) atoms. The van der Waals surface area contributed by atoms with Gasteiger partial charge in [0.1, 0.15) is 0 Å². The zero-order valence-electron chi connectivity index (χ0n) is 12.3. The largest absolute Gasteiger partial charge is 0.326 e. The first-order valence-corrected chi connectivity index (χ1v) is 7.47. The lowest BCUT2D eigenvalue weighted by atomic mass is 10.1. The number of hydrogen-bond acceptors (Lipinski definition) is 3. The van der Waals surface area contributed by atoms with Crippen LogP contribution in [-0.4, -0.2) is 42.0 Å². The van der Waals surface area contributed by atoms with Gasteiger partial charge in [0.25, 0.3) is 0 Å². The van der Waals surface area contributed by atoms with Crippen LogP contribution in [0.4, 0.5) is 0 Å². The third-order valence-electron chi connectivity index (χ3n) is 4.25. The predicted molar refractivity (Wildman–Crippen MR) is 80.9 cm³/mol. The van der Waals surface area contributed by atoms with Crippen LogP contribution in [0.25, 0.3) is 0 Å². The summed E-state index contributed by atoms with van der Waals surface area (Å²) in [5.41, 5.74) is 8.32. The molecule has 1 fully saturated rings. The number of hydrogen-bond donors (Lipinski definition) is 1. The van der Waals surface area contributed by atoms with E-state index in [1.165, 1.54) is 43.7 Å². The van der Waals surface area contributed by atoms with Crippen LogP contribution in [0.5, 0.6) is 0 Å². The summed E-state index contributed by atoms with van der Waals surface area (Å²) in [6, 6.07) is 9.39. The molecule has 1 saturated heterocycles. The smallest absolute Gasteiger partial charge is 0.0234 e. The minimum atomic E-state index is 0.635. The lowest BCUT2D eigenvalue weighted by Crippen LogP contribution is -2.48. The Morgan fingerprint density at radius 2 is 1.84 bits per heavy atom. The molecule has 1 aliphatic heterocycles. The van der Waals surface area contributed by atoms with Crippen molar-refractivity contribution in [3.63, 3.8) is 0 Å². The fraction of sp³-hybridized carbons (Fsp3) is 0.625. The molecule has 1 aromatic rings. The molecular formula is C16H27N3. The van der Waals surface area contributed by atoms with Gasteiger partial charge in [-0.25, -0.2) is 0 Å². The molecule has 2 N–H and O–H groups in total. The van der Waals surface area contributed by atoms with Crippen LogP contribution in [0.2, 0.25) is 0 Å². The van der Waals surface area contributed by atoms with Crippen LogP contribution >= 0.6 is 0 Å². The van der Waals surface area contributed by atoms with Crippen molar-refractivity contribution in [3.8, 4) is 0 Å². The lowest BCUT2D eigenvalue weighted by molar-refractivity contribution is 0.0963. The Balaban J connectivity index is 1.85. The average molecular weight is 261 g/mol. The number of nitrogens with two attached hydrogens (primary N) is 1. The molecule has 1 heterocycles. The van der Waals surface area contributed by atoms with Crippen LogP contribution in [0.1, 0.15) is 31.4 Å². The molecule has 0 radical (unpaired) electrons. The van der Waals surface area contributed by atoms with Crippen molar-refractivity contribution in [2.75, 3.05) is 26.2 Å². The van der Waals surface area contributed by atoms with E-state index >= 15 is 0 Å². The summed E-state index contributed by atoms with van der Waals surface area (Å²) in [5, 5.41) is 0. The zero-order valence-corrected chi connectivity index (χ0v) is 12.3. The Kier molecular flexibility index (Phi) is 5.37. The first kappa shape index (κ1) is 14.5. The summed E-state index contributed by atoms with van der Waals surface area (Å²) in [5.74, 6) is 0. The number of piperazine rings is 1. The molecule has 2 rings (SSSR count). The summed E-state index contributed by atoms with van der Waals surface area (Å²) in [4.78, 5) is 5.15. The maximum atomic E-state index is 5.70. The molecule has 1 aromatic carbocycles. The predicted octanol–water partition coefficient (Wildman–Crippen LogP) is 2.06. The van der Waals surface area contributed by atoms with E-state index in [1.54, 1.807) is 0 Å². The van der Waals surface area contributed by atoms with Crippen molar-refractivity contribution < 1.29 is 0 Å². The molecule has 106 valence electrons. The molecule has 1 aliphatic rings. The van der Waals surface area contributed by atoms with Gasteiger partial charge in [-0.05, 0) is 24.5 Å². The SMILES string of the molecule is CCC(C)N1CCN(Cc2cccc(CN)c2)CC1. The van der Waals surface area contributed by atoms with E-state index in [2.05, 4.69) is 47.9 Å². The Bertz CT molecular complexity index is 383. The molecule has 0 saturated carbocycles. The monoisotopic (exact) mass is 261 g/mol. The molecule has 0 spiro atoms. The normalized spacial score (nSPS) is 19.5. The zero-order chi connectivity index (χ0) is 13.7. The Morgan fingerprint density at radius 3 is 2.47 bits per heavy atom. The van der Waals surface area contributed by atoms with Gasteiger partial charge in [-0.15, -0.1) is 0 Å². The Morgan fingerprint density at radius 1 is 1.16 bits per heavy atom. The number of benzene rings is 1. The molecule has 0 aromatic heterocycles. The van der Waals surface area contributed by atoms with Gasteiger partial charge in [0, 0.05) is 45.3 Å². The molecule has 0 bridgehead atoms. The highest BCUT2D eigenvalue weighted by molar-refractivity contribution is 5.23. The van der Waals surface area contributed by atoms with Crippen LogP contribution < -0.4 is 5.73 Å². The fourth-order valence-electron chi connectivity index (χ4n) is 2.73. The van der Waals surface area contributed by atoms with E-state index in [-0.39, 0.29) is 0 Å². The van der Waals surface area contributed by atoms with Crippen molar-refractivity contribution in [1.82, 2.24) is 9.80 Å². The molecule has 1 unspecified atom stereocenters. The van der Waals surface area contributed by atoms with Crippen molar-refractivity contribution in [2.45, 2.75) is 39.4 Å². The van der Waals surface area contributed by atoms with Gasteiger partial charge in [-0.2, -0.15) is 0 Å². The first-order chi connectivity index (χ1) is 9.22. The summed E-state index contributed by atoms with van der Waals surface area (Å²) in [6.45, 7) is 11.1. The standard InChI is InChI=1S/C16H27N3/c1-3-14(2)19-9-7-18(8-10-19)13-16-6-4-5-15(11-16)12-17/h4-6,11,14H,3,7-10,12-13,17H2,1-2H3. The van der Waals surface area contributed by atoms with Gasteiger partial charge in [0.05, 0.1) is 0 Å². The Hall–Kier alpha value is -0.900. The summed E-state index contributed by atoms with van der Waals surface area (Å²) in [7, 11) is 0. The van der Waals surface area contributed by atoms with Crippen LogP contribution in [-0.2, 0) is 13.1 Å². The molecule has 3 nitrogen and oxygen atoms in total. The molecule has 1 atom stereocenters. The highest BCUT2D eigenvalue weighted by Crippen LogP contribution is 2.13. The van der Waals surface area contributed by atoms with E-state index in [0.717, 1.165) is 12.6 Å². The maximum Gasteiger partial charge on any atom is 0.0234 e. The second-order valence-corrected chi connectivity index (χ2v) is 5.59. The van der Waals surface area contributed by atoms with Gasteiger partial charge in [0.15, 0.2) is 0 Å². The van der Waals surface area contributed by atoms with Gasteiger partial charge in [0.2, 0.25) is 0 Å². The van der Waals surface area contributed by atoms with E-state index in [0.29, 0.717) is 6.54 Å². The minimum absolute atomic E-state index is 0.635.